The van der Waals surface area contributed by atoms with E-state index in [1.54, 1.807) is 7.11 Å². The van der Waals surface area contributed by atoms with Gasteiger partial charge in [-0.2, -0.15) is 0 Å². The van der Waals surface area contributed by atoms with Crippen molar-refractivity contribution in [3.05, 3.63) is 41.7 Å². The van der Waals surface area contributed by atoms with E-state index >= 15 is 0 Å². The van der Waals surface area contributed by atoms with Crippen molar-refractivity contribution in [3.63, 3.8) is 0 Å². The quantitative estimate of drug-likeness (QED) is 0.500. The Hall–Kier alpha value is -2.34. The molecular formula is C21H28N2O4. The Morgan fingerprint density at radius 2 is 2.11 bits per heavy atom. The normalized spacial score (nSPS) is 26.1. The Bertz CT molecular complexity index is 731. The molecule has 6 heteroatoms. The Kier molecular flexibility index (Phi) is 6.16. The van der Waals surface area contributed by atoms with E-state index in [2.05, 4.69) is 23.2 Å². The summed E-state index contributed by atoms with van der Waals surface area (Å²) in [5.74, 6) is 0.0648. The van der Waals surface area contributed by atoms with Crippen molar-refractivity contribution in [3.8, 4) is 0 Å². The number of ether oxygens (including phenoxy) is 2. The first-order valence-electron chi connectivity index (χ1n) is 9.53. The lowest BCUT2D eigenvalue weighted by molar-refractivity contribution is -0.137. The fourth-order valence-corrected chi connectivity index (χ4v) is 4.39. The van der Waals surface area contributed by atoms with Gasteiger partial charge in [-0.3, -0.25) is 9.69 Å². The van der Waals surface area contributed by atoms with Crippen LogP contribution in [0.4, 0.5) is 5.69 Å². The molecule has 1 fully saturated rings. The van der Waals surface area contributed by atoms with Crippen molar-refractivity contribution in [2.24, 2.45) is 11.8 Å². The summed E-state index contributed by atoms with van der Waals surface area (Å²) in [5, 5.41) is 3.03. The van der Waals surface area contributed by atoms with Crippen LogP contribution in [0.2, 0.25) is 0 Å². The van der Waals surface area contributed by atoms with Gasteiger partial charge in [-0.05, 0) is 29.9 Å². The van der Waals surface area contributed by atoms with Gasteiger partial charge in [-0.15, -0.1) is 0 Å². The van der Waals surface area contributed by atoms with Crippen LogP contribution in [0.15, 0.2) is 36.1 Å². The van der Waals surface area contributed by atoms with Crippen LogP contribution in [0.1, 0.15) is 37.8 Å². The average Bonchev–Trinajstić information content (AvgIpc) is 2.68. The molecule has 1 saturated heterocycles. The molecule has 0 bridgehead atoms. The summed E-state index contributed by atoms with van der Waals surface area (Å²) in [6.45, 7) is 3.70. The molecule has 1 amide bonds. The largest absolute Gasteiger partial charge is 0.504 e. The van der Waals surface area contributed by atoms with Crippen molar-refractivity contribution in [1.29, 1.82) is 0 Å². The monoisotopic (exact) mass is 372 g/mol. The van der Waals surface area contributed by atoms with Crippen LogP contribution in [0.3, 0.4) is 0 Å². The number of esters is 1. The molecule has 0 unspecified atom stereocenters. The first-order valence-corrected chi connectivity index (χ1v) is 9.53. The van der Waals surface area contributed by atoms with Crippen molar-refractivity contribution in [2.75, 3.05) is 32.6 Å². The number of piperidine rings is 1. The van der Waals surface area contributed by atoms with E-state index in [-0.39, 0.29) is 23.8 Å². The number of anilines is 1. The molecule has 0 spiro atoms. The molecule has 1 N–H and O–H groups in total. The van der Waals surface area contributed by atoms with E-state index in [1.807, 2.05) is 18.2 Å². The van der Waals surface area contributed by atoms with E-state index in [0.29, 0.717) is 17.9 Å². The summed E-state index contributed by atoms with van der Waals surface area (Å²) in [6.07, 6.45) is 3.74. The third kappa shape index (κ3) is 4.00. The number of carbonyl (C=O) groups excluding carboxylic acids is 2. The highest BCUT2D eigenvalue weighted by Gasteiger charge is 2.40. The summed E-state index contributed by atoms with van der Waals surface area (Å²) >= 11 is 0. The van der Waals surface area contributed by atoms with Gasteiger partial charge >= 0.3 is 5.97 Å². The molecule has 2 aliphatic rings. The molecular weight excluding hydrogens is 344 g/mol. The molecule has 1 aromatic carbocycles. The third-order valence-electron chi connectivity index (χ3n) is 5.77. The van der Waals surface area contributed by atoms with E-state index in [0.717, 1.165) is 37.2 Å². The Balaban J connectivity index is 2.00. The number of hydrogen-bond acceptors (Lipinski definition) is 5. The lowest BCUT2D eigenvalue weighted by Crippen LogP contribution is -2.46. The van der Waals surface area contributed by atoms with Gasteiger partial charge in [0.1, 0.15) is 0 Å². The predicted octanol–water partition coefficient (Wildman–Crippen LogP) is 3.12. The molecule has 146 valence electrons. The maximum absolute atomic E-state index is 12.4. The second-order valence-corrected chi connectivity index (χ2v) is 7.21. The third-order valence-corrected chi connectivity index (χ3v) is 5.77. The minimum absolute atomic E-state index is 0.0469. The van der Waals surface area contributed by atoms with Gasteiger partial charge in [0.2, 0.25) is 5.91 Å². The number of fused-ring (bicyclic) bond motifs is 3. The molecule has 0 radical (unpaired) electrons. The number of carbonyl (C=O) groups is 2. The average molecular weight is 372 g/mol. The zero-order valence-electron chi connectivity index (χ0n) is 16.2. The summed E-state index contributed by atoms with van der Waals surface area (Å²) in [5.41, 5.74) is 2.56. The maximum atomic E-state index is 12.4. The smallest absolute Gasteiger partial charge is 0.337 e. The molecule has 0 saturated carbocycles. The highest BCUT2D eigenvalue weighted by Crippen LogP contribution is 2.44. The summed E-state index contributed by atoms with van der Waals surface area (Å²) in [7, 11) is 2.96. The van der Waals surface area contributed by atoms with Gasteiger partial charge in [-0.1, -0.05) is 31.5 Å². The lowest BCUT2D eigenvalue weighted by atomic mass is 9.74. The van der Waals surface area contributed by atoms with Crippen molar-refractivity contribution in [2.45, 2.75) is 32.2 Å². The first kappa shape index (κ1) is 19.4. The van der Waals surface area contributed by atoms with Crippen molar-refractivity contribution < 1.29 is 19.1 Å². The molecule has 3 atom stereocenters. The van der Waals surface area contributed by atoms with Crippen LogP contribution in [0.5, 0.6) is 0 Å². The van der Waals surface area contributed by atoms with Crippen LogP contribution < -0.4 is 5.32 Å². The molecule has 0 aliphatic carbocycles. The van der Waals surface area contributed by atoms with Gasteiger partial charge < -0.3 is 14.8 Å². The minimum atomic E-state index is -0.332. The second kappa shape index (κ2) is 8.57. The number of para-hydroxylation sites is 1. The van der Waals surface area contributed by atoms with Crippen LogP contribution in [0, 0.1) is 11.8 Å². The number of methoxy groups -OCH3 is 2. The molecule has 0 aromatic heterocycles. The number of nitrogens with one attached hydrogen (secondary N) is 1. The van der Waals surface area contributed by atoms with Gasteiger partial charge in [0.05, 0.1) is 26.1 Å². The fraction of sp³-hybridized carbons (Fsp3) is 0.524. The maximum Gasteiger partial charge on any atom is 0.337 e. The molecule has 2 heterocycles. The number of rotatable bonds is 4. The van der Waals surface area contributed by atoms with Crippen molar-refractivity contribution in [1.82, 2.24) is 4.90 Å². The fourth-order valence-electron chi connectivity index (χ4n) is 4.39. The van der Waals surface area contributed by atoms with E-state index in [4.69, 9.17) is 9.47 Å². The molecule has 2 aliphatic heterocycles. The molecule has 3 rings (SSSR count). The Morgan fingerprint density at radius 1 is 1.33 bits per heavy atom. The SMILES string of the molecule is CC[C@H]1CN2CCC(=O)Nc3ccccc3[C@H]2C[C@@H]1/C(=C\OC)C(=O)OC. The highest BCUT2D eigenvalue weighted by molar-refractivity contribution is 5.92. The number of hydrogen-bond donors (Lipinski definition) is 1. The Labute approximate surface area is 160 Å². The van der Waals surface area contributed by atoms with Crippen LogP contribution in [0.25, 0.3) is 0 Å². The van der Waals surface area contributed by atoms with Crippen LogP contribution in [-0.4, -0.2) is 44.1 Å². The number of amides is 1. The highest BCUT2D eigenvalue weighted by atomic mass is 16.5. The van der Waals surface area contributed by atoms with Gasteiger partial charge in [0.15, 0.2) is 0 Å². The van der Waals surface area contributed by atoms with E-state index in [9.17, 15) is 9.59 Å². The molecule has 6 nitrogen and oxygen atoms in total. The predicted molar refractivity (Wildman–Crippen MR) is 103 cm³/mol. The summed E-state index contributed by atoms with van der Waals surface area (Å²) in [4.78, 5) is 27.0. The van der Waals surface area contributed by atoms with Crippen molar-refractivity contribution >= 4 is 17.6 Å². The summed E-state index contributed by atoms with van der Waals surface area (Å²) < 4.78 is 10.2. The van der Waals surface area contributed by atoms with Gasteiger partial charge in [0, 0.05) is 31.2 Å². The molecule has 27 heavy (non-hydrogen) atoms. The minimum Gasteiger partial charge on any atom is -0.504 e. The summed E-state index contributed by atoms with van der Waals surface area (Å²) in [6, 6.07) is 8.09. The van der Waals surface area contributed by atoms with E-state index < -0.39 is 0 Å². The topological polar surface area (TPSA) is 67.9 Å². The van der Waals surface area contributed by atoms with Gasteiger partial charge in [0.25, 0.3) is 0 Å². The molecule has 1 aromatic rings. The zero-order valence-corrected chi connectivity index (χ0v) is 16.2. The Morgan fingerprint density at radius 3 is 2.81 bits per heavy atom. The van der Waals surface area contributed by atoms with E-state index in [1.165, 1.54) is 13.4 Å². The standard InChI is InChI=1S/C21H28N2O4/c1-4-14-12-23-10-9-20(24)22-18-8-6-5-7-15(18)19(23)11-16(14)17(13-26-2)21(25)27-3/h5-8,13-14,16,19H,4,9-12H2,1-3H3,(H,22,24)/b17-13+/t14-,16-,19+/m0/s1. The van der Waals surface area contributed by atoms with Crippen LogP contribution in [-0.2, 0) is 19.1 Å². The first-order chi connectivity index (χ1) is 13.1. The number of benzene rings is 1. The van der Waals surface area contributed by atoms with Crippen LogP contribution >= 0.6 is 0 Å². The lowest BCUT2D eigenvalue weighted by Gasteiger charge is -2.45. The van der Waals surface area contributed by atoms with Gasteiger partial charge in [-0.25, -0.2) is 4.79 Å². The number of nitrogens with zero attached hydrogens (tertiary/aromatic N) is 1. The second-order valence-electron chi connectivity index (χ2n) is 7.21. The zero-order chi connectivity index (χ0) is 19.4.